The van der Waals surface area contributed by atoms with E-state index in [-0.39, 0.29) is 10.7 Å². The first-order chi connectivity index (χ1) is 8.56. The first-order valence-corrected chi connectivity index (χ1v) is 6.99. The summed E-state index contributed by atoms with van der Waals surface area (Å²) in [5, 5.41) is 0. The molecule has 0 unspecified atom stereocenters. The third kappa shape index (κ3) is 3.62. The number of carbonyl (C=O) groups is 2. The molecule has 1 aromatic carbocycles. The maximum absolute atomic E-state index is 12.0. The lowest BCUT2D eigenvalue weighted by Crippen LogP contribution is -2.52. The van der Waals surface area contributed by atoms with Gasteiger partial charge in [0.25, 0.3) is 0 Å². The lowest BCUT2D eigenvalue weighted by atomic mass is 10.1. The molecule has 0 aromatic heterocycles. The Balaban J connectivity index is 3.08. The lowest BCUT2D eigenvalue weighted by molar-refractivity contribution is -0.122. The number of ketones is 1. The molecule has 19 heavy (non-hydrogen) atoms. The predicted molar refractivity (Wildman–Crippen MR) is 70.0 cm³/mol. The highest BCUT2D eigenvalue weighted by Crippen LogP contribution is 2.14. The number of amides is 1. The number of nitrogens with two attached hydrogens (primary N) is 1. The summed E-state index contributed by atoms with van der Waals surface area (Å²) in [5.74, 6) is -0.939. The molecule has 1 amide bonds. The van der Waals surface area contributed by atoms with Crippen LogP contribution in [-0.4, -0.2) is 25.6 Å². The van der Waals surface area contributed by atoms with Crippen molar-refractivity contribution in [2.45, 2.75) is 31.2 Å². The van der Waals surface area contributed by atoms with Gasteiger partial charge >= 0.3 is 0 Å². The predicted octanol–water partition coefficient (Wildman–Crippen LogP) is 0.431. The van der Waals surface area contributed by atoms with Crippen LogP contribution in [0.25, 0.3) is 0 Å². The Morgan fingerprint density at radius 1 is 1.16 bits per heavy atom. The van der Waals surface area contributed by atoms with Crippen molar-refractivity contribution in [3.8, 4) is 0 Å². The summed E-state index contributed by atoms with van der Waals surface area (Å²) in [6.07, 6.45) is 0. The largest absolute Gasteiger partial charge is 0.368 e. The summed E-state index contributed by atoms with van der Waals surface area (Å²) < 4.78 is 26.3. The molecule has 6 nitrogen and oxygen atoms in total. The Hall–Kier alpha value is -1.73. The van der Waals surface area contributed by atoms with Gasteiger partial charge in [-0.25, -0.2) is 8.42 Å². The first kappa shape index (κ1) is 15.3. The summed E-state index contributed by atoms with van der Waals surface area (Å²) in [5.41, 5.74) is 4.13. The van der Waals surface area contributed by atoms with Gasteiger partial charge in [0.2, 0.25) is 15.9 Å². The van der Waals surface area contributed by atoms with Crippen molar-refractivity contribution >= 4 is 21.7 Å². The van der Waals surface area contributed by atoms with Crippen molar-refractivity contribution in [1.29, 1.82) is 0 Å². The maximum atomic E-state index is 12.0. The van der Waals surface area contributed by atoms with Gasteiger partial charge in [-0.3, -0.25) is 9.59 Å². The molecule has 3 N–H and O–H groups in total. The minimum atomic E-state index is -3.87. The average Bonchev–Trinajstić information content (AvgIpc) is 2.27. The van der Waals surface area contributed by atoms with Crippen molar-refractivity contribution < 1.29 is 18.0 Å². The van der Waals surface area contributed by atoms with Crippen molar-refractivity contribution in [3.05, 3.63) is 29.8 Å². The highest BCUT2D eigenvalue weighted by atomic mass is 32.2. The van der Waals surface area contributed by atoms with Gasteiger partial charge in [-0.05, 0) is 32.9 Å². The van der Waals surface area contributed by atoms with E-state index in [9.17, 15) is 18.0 Å². The van der Waals surface area contributed by atoms with Gasteiger partial charge in [-0.15, -0.1) is 0 Å². The van der Waals surface area contributed by atoms with E-state index < -0.39 is 21.5 Å². The van der Waals surface area contributed by atoms with Crippen LogP contribution in [-0.2, 0) is 14.8 Å². The van der Waals surface area contributed by atoms with Crippen molar-refractivity contribution in [1.82, 2.24) is 4.72 Å². The Kier molecular flexibility index (Phi) is 4.12. The van der Waals surface area contributed by atoms with Crippen LogP contribution in [0.1, 0.15) is 31.1 Å². The Bertz CT molecular complexity index is 603. The number of rotatable bonds is 5. The van der Waals surface area contributed by atoms with Gasteiger partial charge in [0.15, 0.2) is 5.78 Å². The number of Topliss-reactive ketones (excluding diaryl/α,β-unsaturated/α-hetero) is 1. The number of hydrogen-bond donors (Lipinski definition) is 2. The smallest absolute Gasteiger partial charge is 0.241 e. The average molecular weight is 284 g/mol. The molecule has 104 valence electrons. The molecular formula is C12H16N2O4S. The summed E-state index contributed by atoms with van der Waals surface area (Å²) in [7, 11) is -3.87. The van der Waals surface area contributed by atoms with Crippen LogP contribution in [0.5, 0.6) is 0 Å². The second-order valence-corrected chi connectivity index (χ2v) is 6.36. The highest BCUT2D eigenvalue weighted by Gasteiger charge is 2.31. The molecule has 0 spiro atoms. The third-order valence-corrected chi connectivity index (χ3v) is 4.25. The van der Waals surface area contributed by atoms with E-state index in [0.29, 0.717) is 5.56 Å². The quantitative estimate of drug-likeness (QED) is 0.765. The van der Waals surface area contributed by atoms with Crippen LogP contribution in [0.2, 0.25) is 0 Å². The zero-order valence-corrected chi connectivity index (χ0v) is 11.7. The van der Waals surface area contributed by atoms with E-state index in [0.717, 1.165) is 0 Å². The number of benzene rings is 1. The van der Waals surface area contributed by atoms with E-state index in [4.69, 9.17) is 5.73 Å². The minimum absolute atomic E-state index is 0.0353. The fraction of sp³-hybridized carbons (Fsp3) is 0.333. The number of nitrogens with one attached hydrogen (secondary N) is 1. The molecule has 0 aliphatic heterocycles. The minimum Gasteiger partial charge on any atom is -0.368 e. The summed E-state index contributed by atoms with van der Waals surface area (Å²) in [4.78, 5) is 22.2. The highest BCUT2D eigenvalue weighted by molar-refractivity contribution is 7.89. The van der Waals surface area contributed by atoms with Crippen LogP contribution in [0.15, 0.2) is 29.2 Å². The fourth-order valence-electron chi connectivity index (χ4n) is 1.31. The van der Waals surface area contributed by atoms with Gasteiger partial charge in [0.1, 0.15) is 5.54 Å². The number of primary amides is 1. The Morgan fingerprint density at radius 3 is 2.00 bits per heavy atom. The zero-order chi connectivity index (χ0) is 14.8. The first-order valence-electron chi connectivity index (χ1n) is 5.51. The van der Waals surface area contributed by atoms with Gasteiger partial charge in [0.05, 0.1) is 4.90 Å². The summed E-state index contributed by atoms with van der Waals surface area (Å²) in [6, 6.07) is 5.43. The molecule has 0 heterocycles. The lowest BCUT2D eigenvalue weighted by Gasteiger charge is -2.22. The summed E-state index contributed by atoms with van der Waals surface area (Å²) >= 11 is 0. The molecule has 0 radical (unpaired) electrons. The third-order valence-electron chi connectivity index (χ3n) is 2.58. The summed E-state index contributed by atoms with van der Waals surface area (Å²) in [6.45, 7) is 4.13. The van der Waals surface area contributed by atoms with Crippen molar-refractivity contribution in [2.75, 3.05) is 0 Å². The van der Waals surface area contributed by atoms with Crippen molar-refractivity contribution in [2.24, 2.45) is 5.73 Å². The Morgan fingerprint density at radius 2 is 1.63 bits per heavy atom. The topological polar surface area (TPSA) is 106 Å². The molecule has 0 aliphatic carbocycles. The molecule has 1 aromatic rings. The normalized spacial score (nSPS) is 12.2. The SMILES string of the molecule is CC(=O)c1ccc(S(=O)(=O)NC(C)(C)C(N)=O)cc1. The van der Waals surface area contributed by atoms with Gasteiger partial charge in [-0.1, -0.05) is 12.1 Å². The van der Waals surface area contributed by atoms with Crippen LogP contribution < -0.4 is 10.5 Å². The second-order valence-electron chi connectivity index (χ2n) is 4.68. The van der Waals surface area contributed by atoms with E-state index in [1.165, 1.54) is 45.0 Å². The van der Waals surface area contributed by atoms with E-state index >= 15 is 0 Å². The zero-order valence-electron chi connectivity index (χ0n) is 10.9. The van der Waals surface area contributed by atoms with Gasteiger partial charge < -0.3 is 5.73 Å². The molecule has 7 heteroatoms. The Labute approximate surface area is 112 Å². The number of hydrogen-bond acceptors (Lipinski definition) is 4. The number of carbonyl (C=O) groups excluding carboxylic acids is 2. The van der Waals surface area contributed by atoms with E-state index in [1.54, 1.807) is 0 Å². The monoisotopic (exact) mass is 284 g/mol. The fourth-order valence-corrected chi connectivity index (χ4v) is 2.70. The molecule has 0 atom stereocenters. The van der Waals surface area contributed by atoms with Gasteiger partial charge in [0, 0.05) is 5.56 Å². The molecule has 0 aliphatic rings. The molecule has 0 saturated carbocycles. The van der Waals surface area contributed by atoms with Crippen LogP contribution >= 0.6 is 0 Å². The van der Waals surface area contributed by atoms with Crippen LogP contribution in [0.3, 0.4) is 0 Å². The second kappa shape index (κ2) is 5.10. The van der Waals surface area contributed by atoms with E-state index in [1.807, 2.05) is 0 Å². The molecule has 0 saturated heterocycles. The van der Waals surface area contributed by atoms with E-state index in [2.05, 4.69) is 4.72 Å². The standard InChI is InChI=1S/C12H16N2O4S/c1-8(15)9-4-6-10(7-5-9)19(17,18)14-12(2,3)11(13)16/h4-7,14H,1-3H3,(H2,13,16). The molecule has 0 bridgehead atoms. The number of sulfonamides is 1. The molecular weight excluding hydrogens is 268 g/mol. The van der Waals surface area contributed by atoms with Crippen molar-refractivity contribution in [3.63, 3.8) is 0 Å². The maximum Gasteiger partial charge on any atom is 0.241 e. The molecule has 1 rings (SSSR count). The van der Waals surface area contributed by atoms with Gasteiger partial charge in [-0.2, -0.15) is 4.72 Å². The molecule has 0 fully saturated rings. The van der Waals surface area contributed by atoms with Crippen LogP contribution in [0.4, 0.5) is 0 Å². The van der Waals surface area contributed by atoms with Crippen LogP contribution in [0, 0.1) is 0 Å².